The Labute approximate surface area is 138 Å². The summed E-state index contributed by atoms with van der Waals surface area (Å²) >= 11 is 6.38. The SMILES string of the molecule is CN(Cc1csc(Br)c1)C(=O)c1sc2ncccc2c1N. The van der Waals surface area contributed by atoms with Crippen LogP contribution in [0.25, 0.3) is 10.2 Å². The summed E-state index contributed by atoms with van der Waals surface area (Å²) in [7, 11) is 1.78. The molecule has 0 aliphatic carbocycles. The number of nitrogens with two attached hydrogens (primary N) is 1. The van der Waals surface area contributed by atoms with Gasteiger partial charge >= 0.3 is 0 Å². The Bertz CT molecular complexity index is 812. The first-order valence-electron chi connectivity index (χ1n) is 6.17. The Morgan fingerprint density at radius 2 is 2.33 bits per heavy atom. The van der Waals surface area contributed by atoms with Gasteiger partial charge in [-0.15, -0.1) is 22.7 Å². The highest BCUT2D eigenvalue weighted by molar-refractivity contribution is 9.11. The van der Waals surface area contributed by atoms with E-state index in [-0.39, 0.29) is 5.91 Å². The Morgan fingerprint density at radius 1 is 1.52 bits per heavy atom. The second-order valence-corrected chi connectivity index (χ2v) is 7.91. The number of carbonyl (C=O) groups excluding carboxylic acids is 1. The van der Waals surface area contributed by atoms with Gasteiger partial charge in [-0.1, -0.05) is 0 Å². The van der Waals surface area contributed by atoms with E-state index < -0.39 is 0 Å². The fraction of sp³-hybridized carbons (Fsp3) is 0.143. The molecule has 0 atom stereocenters. The van der Waals surface area contributed by atoms with Crippen molar-refractivity contribution in [2.45, 2.75) is 6.54 Å². The van der Waals surface area contributed by atoms with Crippen LogP contribution in [-0.2, 0) is 6.54 Å². The van der Waals surface area contributed by atoms with Crippen LogP contribution in [0.15, 0.2) is 33.6 Å². The molecular formula is C14H12BrN3OS2. The monoisotopic (exact) mass is 381 g/mol. The first-order chi connectivity index (χ1) is 10.1. The number of rotatable bonds is 3. The smallest absolute Gasteiger partial charge is 0.266 e. The fourth-order valence-electron chi connectivity index (χ4n) is 2.06. The van der Waals surface area contributed by atoms with E-state index in [1.807, 2.05) is 23.6 Å². The molecule has 3 aromatic rings. The first-order valence-corrected chi connectivity index (χ1v) is 8.66. The van der Waals surface area contributed by atoms with Gasteiger partial charge in [0.05, 0.1) is 9.47 Å². The second kappa shape index (κ2) is 5.75. The van der Waals surface area contributed by atoms with Crippen molar-refractivity contribution in [3.8, 4) is 0 Å². The lowest BCUT2D eigenvalue weighted by Gasteiger charge is -2.15. The molecule has 1 amide bonds. The van der Waals surface area contributed by atoms with E-state index in [1.165, 1.54) is 11.3 Å². The van der Waals surface area contributed by atoms with Crippen molar-refractivity contribution in [2.24, 2.45) is 0 Å². The van der Waals surface area contributed by atoms with Gasteiger partial charge in [-0.25, -0.2) is 4.98 Å². The van der Waals surface area contributed by atoms with Crippen molar-refractivity contribution in [2.75, 3.05) is 12.8 Å². The van der Waals surface area contributed by atoms with Crippen LogP contribution >= 0.6 is 38.6 Å². The fourth-order valence-corrected chi connectivity index (χ4v) is 4.32. The molecule has 3 rings (SSSR count). The number of pyridine rings is 1. The van der Waals surface area contributed by atoms with Gasteiger partial charge in [-0.05, 0) is 45.1 Å². The zero-order chi connectivity index (χ0) is 15.0. The summed E-state index contributed by atoms with van der Waals surface area (Å²) < 4.78 is 1.06. The lowest BCUT2D eigenvalue weighted by atomic mass is 10.2. The standard InChI is InChI=1S/C14H12BrN3OS2/c1-18(6-8-5-10(15)20-7-8)14(19)12-11(16)9-3-2-4-17-13(9)21-12/h2-5,7H,6,16H2,1H3. The maximum Gasteiger partial charge on any atom is 0.266 e. The third-order valence-electron chi connectivity index (χ3n) is 3.09. The number of hydrogen-bond acceptors (Lipinski definition) is 5. The van der Waals surface area contributed by atoms with E-state index in [2.05, 4.69) is 20.9 Å². The Morgan fingerprint density at radius 3 is 3.00 bits per heavy atom. The van der Waals surface area contributed by atoms with Crippen molar-refractivity contribution < 1.29 is 4.79 Å². The Balaban J connectivity index is 1.87. The summed E-state index contributed by atoms with van der Waals surface area (Å²) in [6.07, 6.45) is 1.71. The minimum absolute atomic E-state index is 0.0715. The number of carbonyl (C=O) groups is 1. The summed E-state index contributed by atoms with van der Waals surface area (Å²) in [6.45, 7) is 0.558. The van der Waals surface area contributed by atoms with Crippen molar-refractivity contribution in [1.82, 2.24) is 9.88 Å². The second-order valence-electron chi connectivity index (χ2n) is 4.62. The van der Waals surface area contributed by atoms with Crippen molar-refractivity contribution in [1.29, 1.82) is 0 Å². The predicted octanol–water partition coefficient (Wildman–Crippen LogP) is 3.97. The van der Waals surface area contributed by atoms with Crippen LogP contribution in [0.4, 0.5) is 5.69 Å². The van der Waals surface area contributed by atoms with E-state index in [0.29, 0.717) is 17.1 Å². The van der Waals surface area contributed by atoms with Crippen LogP contribution < -0.4 is 5.73 Å². The van der Waals surface area contributed by atoms with Crippen LogP contribution in [-0.4, -0.2) is 22.8 Å². The summed E-state index contributed by atoms with van der Waals surface area (Å²) in [5.74, 6) is -0.0715. The Hall–Kier alpha value is -1.44. The van der Waals surface area contributed by atoms with Gasteiger partial charge in [0.25, 0.3) is 5.91 Å². The average Bonchev–Trinajstić information content (AvgIpc) is 3.03. The van der Waals surface area contributed by atoms with E-state index in [1.54, 1.807) is 29.5 Å². The predicted molar refractivity (Wildman–Crippen MR) is 91.8 cm³/mol. The summed E-state index contributed by atoms with van der Waals surface area (Å²) in [5.41, 5.74) is 7.71. The molecule has 3 heterocycles. The van der Waals surface area contributed by atoms with E-state index in [4.69, 9.17) is 5.73 Å². The highest BCUT2D eigenvalue weighted by atomic mass is 79.9. The number of thiophene rings is 2. The quantitative estimate of drug-likeness (QED) is 0.746. The molecule has 4 nitrogen and oxygen atoms in total. The third kappa shape index (κ3) is 2.81. The topological polar surface area (TPSA) is 59.2 Å². The van der Waals surface area contributed by atoms with Gasteiger partial charge in [-0.3, -0.25) is 4.79 Å². The number of nitrogens with zero attached hydrogens (tertiary/aromatic N) is 2. The van der Waals surface area contributed by atoms with Crippen molar-refractivity contribution in [3.63, 3.8) is 0 Å². The van der Waals surface area contributed by atoms with Crippen LogP contribution in [0.3, 0.4) is 0 Å². The van der Waals surface area contributed by atoms with Gasteiger partial charge in [0.15, 0.2) is 0 Å². The Kier molecular flexibility index (Phi) is 3.97. The number of anilines is 1. The van der Waals surface area contributed by atoms with E-state index >= 15 is 0 Å². The van der Waals surface area contributed by atoms with Crippen LogP contribution in [0, 0.1) is 0 Å². The van der Waals surface area contributed by atoms with Gasteiger partial charge in [0, 0.05) is 25.2 Å². The van der Waals surface area contributed by atoms with Gasteiger partial charge in [0.1, 0.15) is 9.71 Å². The number of nitrogen functional groups attached to an aromatic ring is 1. The van der Waals surface area contributed by atoms with Gasteiger partial charge < -0.3 is 10.6 Å². The minimum atomic E-state index is -0.0715. The van der Waals surface area contributed by atoms with Crippen LogP contribution in [0.2, 0.25) is 0 Å². The first kappa shape index (κ1) is 14.5. The van der Waals surface area contributed by atoms with Crippen LogP contribution in [0.1, 0.15) is 15.2 Å². The summed E-state index contributed by atoms with van der Waals surface area (Å²) in [4.78, 5) is 19.9. The molecule has 0 spiro atoms. The molecule has 0 saturated carbocycles. The molecule has 7 heteroatoms. The molecule has 0 aromatic carbocycles. The maximum atomic E-state index is 12.6. The molecule has 3 aromatic heterocycles. The van der Waals surface area contributed by atoms with Crippen molar-refractivity contribution in [3.05, 3.63) is 44.0 Å². The van der Waals surface area contributed by atoms with E-state index in [0.717, 1.165) is 19.6 Å². The highest BCUT2D eigenvalue weighted by Crippen LogP contribution is 2.33. The number of hydrogen-bond donors (Lipinski definition) is 1. The van der Waals surface area contributed by atoms with Gasteiger partial charge in [0.2, 0.25) is 0 Å². The lowest BCUT2D eigenvalue weighted by molar-refractivity contribution is 0.0791. The minimum Gasteiger partial charge on any atom is -0.397 e. The molecule has 0 fully saturated rings. The number of halogens is 1. The molecule has 0 bridgehead atoms. The lowest BCUT2D eigenvalue weighted by Crippen LogP contribution is -2.25. The normalized spacial score (nSPS) is 11.0. The molecule has 0 aliphatic heterocycles. The highest BCUT2D eigenvalue weighted by Gasteiger charge is 2.20. The molecule has 2 N–H and O–H groups in total. The van der Waals surface area contributed by atoms with E-state index in [9.17, 15) is 4.79 Å². The molecule has 0 radical (unpaired) electrons. The number of amides is 1. The zero-order valence-corrected chi connectivity index (χ0v) is 14.4. The third-order valence-corrected chi connectivity index (χ3v) is 5.76. The molecule has 0 unspecified atom stereocenters. The van der Waals surface area contributed by atoms with Crippen LogP contribution in [0.5, 0.6) is 0 Å². The largest absolute Gasteiger partial charge is 0.397 e. The van der Waals surface area contributed by atoms with Gasteiger partial charge in [-0.2, -0.15) is 0 Å². The average molecular weight is 382 g/mol. The summed E-state index contributed by atoms with van der Waals surface area (Å²) in [6, 6.07) is 5.73. The number of aromatic nitrogens is 1. The molecule has 21 heavy (non-hydrogen) atoms. The number of fused-ring (bicyclic) bond motifs is 1. The van der Waals surface area contributed by atoms with Crippen molar-refractivity contribution >= 4 is 60.4 Å². The molecule has 108 valence electrons. The molecule has 0 aliphatic rings. The molecular weight excluding hydrogens is 370 g/mol. The maximum absolute atomic E-state index is 12.6. The molecule has 0 saturated heterocycles. The zero-order valence-electron chi connectivity index (χ0n) is 11.2. The summed E-state index contributed by atoms with van der Waals surface area (Å²) in [5, 5.41) is 2.88.